The van der Waals surface area contributed by atoms with Crippen LogP contribution in [0.3, 0.4) is 0 Å². The van der Waals surface area contributed by atoms with E-state index in [1.54, 1.807) is 9.47 Å². The number of benzene rings is 2. The molecule has 242 valence electrons. The number of aromatic nitrogens is 4. The van der Waals surface area contributed by atoms with Gasteiger partial charge in [0.1, 0.15) is 12.4 Å². The van der Waals surface area contributed by atoms with Crippen LogP contribution in [-0.2, 0) is 11.3 Å². The van der Waals surface area contributed by atoms with Crippen LogP contribution >= 0.6 is 0 Å². The number of hydrogen-bond acceptors (Lipinski definition) is 7. The first kappa shape index (κ1) is 32.4. The fourth-order valence-corrected chi connectivity index (χ4v) is 6.29. The van der Waals surface area contributed by atoms with Crippen LogP contribution in [0.5, 0.6) is 0 Å². The summed E-state index contributed by atoms with van der Waals surface area (Å²) in [5.74, 6) is -1.73. The van der Waals surface area contributed by atoms with E-state index in [1.807, 2.05) is 30.5 Å². The van der Waals surface area contributed by atoms with E-state index in [1.165, 1.54) is 12.1 Å². The molecule has 4 aromatic rings. The zero-order chi connectivity index (χ0) is 32.2. The Bertz CT molecular complexity index is 1680. The molecule has 1 N–H and O–H groups in total. The van der Waals surface area contributed by atoms with E-state index >= 15 is 4.39 Å². The number of nitrogens with zero attached hydrogens (tertiary/aromatic N) is 6. The summed E-state index contributed by atoms with van der Waals surface area (Å²) in [6.07, 6.45) is 0.215. The summed E-state index contributed by atoms with van der Waals surface area (Å²) in [6.45, 7) is 6.33. The molecular formula is C32H39F3N6O4. The number of aliphatic hydroxyl groups excluding tert-OH is 1. The SMILES string of the molecule is CC.CN1CCC(n2c(=O)n(Cc3ccc(-c4nnc(C(F)F)o4)cc3F)c3ccc(C4CCN(C(=O)CO)CC4)cc32)CC1. The van der Waals surface area contributed by atoms with Crippen LogP contribution in [0.4, 0.5) is 13.2 Å². The van der Waals surface area contributed by atoms with Crippen LogP contribution in [0.15, 0.2) is 45.6 Å². The molecule has 10 nitrogen and oxygen atoms in total. The van der Waals surface area contributed by atoms with Crippen molar-refractivity contribution in [3.05, 3.63) is 69.7 Å². The number of carbonyl (C=O) groups excluding carboxylic acids is 1. The van der Waals surface area contributed by atoms with Gasteiger partial charge in [-0.2, -0.15) is 8.78 Å². The molecule has 4 heterocycles. The molecule has 13 heteroatoms. The van der Waals surface area contributed by atoms with Crippen molar-refractivity contribution in [1.82, 2.24) is 29.1 Å². The molecule has 0 saturated carbocycles. The Balaban J connectivity index is 0.00000196. The summed E-state index contributed by atoms with van der Waals surface area (Å²) < 4.78 is 49.4. The minimum Gasteiger partial charge on any atom is -0.415 e. The Morgan fingerprint density at radius 1 is 1.00 bits per heavy atom. The molecule has 0 spiro atoms. The topological polar surface area (TPSA) is 110 Å². The molecule has 45 heavy (non-hydrogen) atoms. The predicted molar refractivity (Wildman–Crippen MR) is 163 cm³/mol. The van der Waals surface area contributed by atoms with Crippen molar-refractivity contribution < 1.29 is 27.5 Å². The maximum absolute atomic E-state index is 15.3. The maximum atomic E-state index is 15.3. The van der Waals surface area contributed by atoms with Crippen molar-refractivity contribution in [2.75, 3.05) is 39.8 Å². The second-order valence-electron chi connectivity index (χ2n) is 11.4. The lowest BCUT2D eigenvalue weighted by Crippen LogP contribution is -2.39. The van der Waals surface area contributed by atoms with Gasteiger partial charge in [-0.25, -0.2) is 9.18 Å². The number of alkyl halides is 2. The first-order valence-electron chi connectivity index (χ1n) is 15.5. The Morgan fingerprint density at radius 3 is 2.33 bits per heavy atom. The summed E-state index contributed by atoms with van der Waals surface area (Å²) >= 11 is 0. The highest BCUT2D eigenvalue weighted by atomic mass is 19.3. The monoisotopic (exact) mass is 628 g/mol. The zero-order valence-corrected chi connectivity index (χ0v) is 25.8. The van der Waals surface area contributed by atoms with E-state index in [2.05, 4.69) is 28.2 Å². The summed E-state index contributed by atoms with van der Waals surface area (Å²) in [5.41, 5.74) is 2.79. The van der Waals surface area contributed by atoms with Crippen molar-refractivity contribution in [2.24, 2.45) is 0 Å². The number of aliphatic hydroxyl groups is 1. The van der Waals surface area contributed by atoms with Gasteiger partial charge in [0.25, 0.3) is 5.89 Å². The zero-order valence-electron chi connectivity index (χ0n) is 25.8. The van der Waals surface area contributed by atoms with Crippen LogP contribution in [0, 0.1) is 5.82 Å². The molecule has 2 fully saturated rings. The molecule has 2 aliphatic rings. The van der Waals surface area contributed by atoms with Gasteiger partial charge in [0.15, 0.2) is 0 Å². The number of piperidine rings is 2. The molecule has 2 aliphatic heterocycles. The number of carbonyl (C=O) groups is 1. The van der Waals surface area contributed by atoms with E-state index in [4.69, 9.17) is 4.42 Å². The smallest absolute Gasteiger partial charge is 0.329 e. The fraction of sp³-hybridized carbons (Fsp3) is 0.500. The average Bonchev–Trinajstić information content (AvgIpc) is 3.66. The Morgan fingerprint density at radius 2 is 1.71 bits per heavy atom. The lowest BCUT2D eigenvalue weighted by molar-refractivity contribution is -0.135. The number of imidazole rings is 1. The van der Waals surface area contributed by atoms with Gasteiger partial charge in [0, 0.05) is 30.3 Å². The minimum atomic E-state index is -2.93. The number of likely N-dealkylation sites (tertiary alicyclic amines) is 2. The van der Waals surface area contributed by atoms with Crippen molar-refractivity contribution in [3.63, 3.8) is 0 Å². The molecule has 2 aromatic carbocycles. The van der Waals surface area contributed by atoms with Crippen LogP contribution in [0.2, 0.25) is 0 Å². The van der Waals surface area contributed by atoms with Crippen LogP contribution in [-0.4, -0.2) is 80.0 Å². The van der Waals surface area contributed by atoms with E-state index in [-0.39, 0.29) is 47.1 Å². The third-order valence-electron chi connectivity index (χ3n) is 8.75. The number of hydrogen-bond donors (Lipinski definition) is 1. The maximum Gasteiger partial charge on any atom is 0.329 e. The Labute approximate surface area is 259 Å². The first-order valence-corrected chi connectivity index (χ1v) is 15.5. The standard InChI is InChI=1S/C30H33F3N6O4.C2H6/c1-36-10-8-22(9-11-36)39-25-15-19(18-6-12-37(13-7-18)26(41)17-40)4-5-24(25)38(30(39)42)16-21-3-2-20(14-23(21)31)28-34-35-29(43-28)27(32)33;1-2/h2-5,14-15,18,22,27,40H,6-13,16-17H2,1H3;1-2H3. The summed E-state index contributed by atoms with van der Waals surface area (Å²) in [5, 5.41) is 16.1. The lowest BCUT2D eigenvalue weighted by atomic mass is 9.89. The first-order chi connectivity index (χ1) is 21.7. The third kappa shape index (κ3) is 6.69. The summed E-state index contributed by atoms with van der Waals surface area (Å²) in [6, 6.07) is 10.1. The van der Waals surface area contributed by atoms with Gasteiger partial charge in [-0.3, -0.25) is 13.9 Å². The van der Waals surface area contributed by atoms with Crippen molar-refractivity contribution in [2.45, 2.75) is 64.5 Å². The number of fused-ring (bicyclic) bond motifs is 1. The van der Waals surface area contributed by atoms with E-state index in [9.17, 15) is 23.5 Å². The average molecular weight is 629 g/mol. The van der Waals surface area contributed by atoms with Gasteiger partial charge < -0.3 is 19.3 Å². The molecule has 2 aromatic heterocycles. The Kier molecular flexibility index (Phi) is 10.1. The predicted octanol–water partition coefficient (Wildman–Crippen LogP) is 4.97. The molecule has 0 radical (unpaired) electrons. The number of rotatable bonds is 7. The molecule has 0 atom stereocenters. The van der Waals surface area contributed by atoms with Crippen molar-refractivity contribution in [1.29, 1.82) is 0 Å². The second-order valence-corrected chi connectivity index (χ2v) is 11.4. The molecule has 0 aliphatic carbocycles. The van der Waals surface area contributed by atoms with Gasteiger partial charge in [-0.15, -0.1) is 10.2 Å². The normalized spacial score (nSPS) is 16.8. The minimum absolute atomic E-state index is 0.000466. The number of amides is 1. The van der Waals surface area contributed by atoms with E-state index < -0.39 is 24.7 Å². The highest BCUT2D eigenvalue weighted by molar-refractivity contribution is 5.78. The summed E-state index contributed by atoms with van der Waals surface area (Å²) in [4.78, 5) is 29.8. The van der Waals surface area contributed by atoms with Crippen molar-refractivity contribution in [3.8, 4) is 11.5 Å². The number of halogens is 3. The lowest BCUT2D eigenvalue weighted by Gasteiger charge is -2.32. The van der Waals surface area contributed by atoms with E-state index in [0.29, 0.717) is 18.6 Å². The summed E-state index contributed by atoms with van der Waals surface area (Å²) in [7, 11) is 2.06. The van der Waals surface area contributed by atoms with Crippen LogP contribution in [0.1, 0.15) is 74.9 Å². The quantitative estimate of drug-likeness (QED) is 0.308. The van der Waals surface area contributed by atoms with Crippen LogP contribution < -0.4 is 5.69 Å². The molecule has 6 rings (SSSR count). The van der Waals surface area contributed by atoms with E-state index in [0.717, 1.165) is 55.9 Å². The molecule has 2 saturated heterocycles. The Hall–Kier alpha value is -3.97. The fourth-order valence-electron chi connectivity index (χ4n) is 6.29. The third-order valence-corrected chi connectivity index (χ3v) is 8.75. The molecule has 0 unspecified atom stereocenters. The molecular weight excluding hydrogens is 589 g/mol. The van der Waals surface area contributed by atoms with Gasteiger partial charge in [0.2, 0.25) is 11.8 Å². The largest absolute Gasteiger partial charge is 0.415 e. The van der Waals surface area contributed by atoms with Crippen molar-refractivity contribution >= 4 is 16.9 Å². The highest BCUT2D eigenvalue weighted by Gasteiger charge is 2.28. The van der Waals surface area contributed by atoms with Gasteiger partial charge in [0.05, 0.1) is 17.6 Å². The second kappa shape index (κ2) is 14.0. The van der Waals surface area contributed by atoms with Gasteiger partial charge in [-0.1, -0.05) is 26.0 Å². The van der Waals surface area contributed by atoms with Gasteiger partial charge in [-0.05, 0) is 81.6 Å². The van der Waals surface area contributed by atoms with Gasteiger partial charge >= 0.3 is 12.1 Å². The van der Waals surface area contributed by atoms with Crippen LogP contribution in [0.25, 0.3) is 22.5 Å². The highest BCUT2D eigenvalue weighted by Crippen LogP contribution is 2.33. The molecule has 1 amide bonds. The molecule has 0 bridgehead atoms.